The van der Waals surface area contributed by atoms with Crippen molar-refractivity contribution in [2.24, 2.45) is 0 Å². The van der Waals surface area contributed by atoms with Crippen molar-refractivity contribution in [2.75, 3.05) is 11.1 Å². The molecule has 0 unspecified atom stereocenters. The summed E-state index contributed by atoms with van der Waals surface area (Å²) in [4.78, 5) is 12.0. The second kappa shape index (κ2) is 7.69. The van der Waals surface area contributed by atoms with E-state index in [4.69, 9.17) is 5.73 Å². The summed E-state index contributed by atoms with van der Waals surface area (Å²) in [5.41, 5.74) is 7.59. The molecule has 0 saturated heterocycles. The van der Waals surface area contributed by atoms with Crippen LogP contribution < -0.4 is 11.1 Å². The fraction of sp³-hybridized carbons (Fsp3) is 0.333. The Morgan fingerprint density at radius 1 is 1.33 bits per heavy atom. The monoisotopic (exact) mass is 308 g/mol. The van der Waals surface area contributed by atoms with Crippen LogP contribution in [0.2, 0.25) is 0 Å². The van der Waals surface area contributed by atoms with Gasteiger partial charge in [-0.3, -0.25) is 4.79 Å². The molecule has 2 rings (SSSR count). The smallest absolute Gasteiger partial charge is 0.225 e. The topological polar surface area (TPSA) is 72.9 Å². The molecule has 1 aromatic heterocycles. The number of amides is 1. The van der Waals surface area contributed by atoms with Gasteiger partial charge < -0.3 is 11.1 Å². The third-order valence-electron chi connectivity index (χ3n) is 3.10. The maximum absolute atomic E-state index is 12.0. The largest absolute Gasteiger partial charge is 0.399 e. The first-order chi connectivity index (χ1) is 9.58. The third kappa shape index (κ3) is 4.49. The molecular weight excluding hydrogens is 288 g/mol. The number of nitrogen functional groups attached to an aromatic ring is 1. The van der Waals surface area contributed by atoms with Gasteiger partial charge >= 0.3 is 0 Å². The molecule has 1 aromatic carbocycles. The van der Waals surface area contributed by atoms with E-state index in [0.29, 0.717) is 12.8 Å². The van der Waals surface area contributed by atoms with Gasteiger partial charge in [0.05, 0.1) is 6.20 Å². The van der Waals surface area contributed by atoms with Crippen LogP contribution in [-0.2, 0) is 11.2 Å². The first-order valence-electron chi connectivity index (χ1n) is 6.74. The zero-order valence-electron chi connectivity index (χ0n) is 12.2. The van der Waals surface area contributed by atoms with Crippen molar-refractivity contribution in [1.82, 2.24) is 9.78 Å². The lowest BCUT2D eigenvalue weighted by molar-refractivity contribution is -0.116. The molecule has 114 valence electrons. The lowest BCUT2D eigenvalue weighted by Gasteiger charge is -2.12. The number of rotatable bonds is 5. The lowest BCUT2D eigenvalue weighted by atomic mass is 10.1. The fourth-order valence-electron chi connectivity index (χ4n) is 2.04. The van der Waals surface area contributed by atoms with Crippen molar-refractivity contribution in [3.05, 3.63) is 42.1 Å². The average molecular weight is 309 g/mol. The van der Waals surface area contributed by atoms with Crippen molar-refractivity contribution < 1.29 is 4.79 Å². The fourth-order valence-corrected chi connectivity index (χ4v) is 2.04. The highest BCUT2D eigenvalue weighted by Crippen LogP contribution is 2.15. The van der Waals surface area contributed by atoms with Crippen molar-refractivity contribution in [1.29, 1.82) is 0 Å². The standard InChI is InChI=1S/C15H20N4O.ClH/c1-11(2)19-14(9-10-17-19)18-15(20)8-7-12-5-3-4-6-13(12)16;/h3-6,9-11H,7-8,16H2,1-2H3,(H,18,20);1H. The van der Waals surface area contributed by atoms with Crippen LogP contribution >= 0.6 is 12.4 Å². The predicted molar refractivity (Wildman–Crippen MR) is 87.7 cm³/mol. The minimum absolute atomic E-state index is 0. The van der Waals surface area contributed by atoms with E-state index in [1.807, 2.05) is 38.1 Å². The summed E-state index contributed by atoms with van der Waals surface area (Å²) in [6.07, 6.45) is 2.72. The minimum atomic E-state index is -0.0318. The van der Waals surface area contributed by atoms with Gasteiger partial charge in [0.15, 0.2) is 0 Å². The van der Waals surface area contributed by atoms with E-state index in [9.17, 15) is 4.79 Å². The highest BCUT2D eigenvalue weighted by Gasteiger charge is 2.10. The highest BCUT2D eigenvalue weighted by atomic mass is 35.5. The van der Waals surface area contributed by atoms with Gasteiger partial charge in [0.2, 0.25) is 5.91 Å². The van der Waals surface area contributed by atoms with Gasteiger partial charge in [0.1, 0.15) is 5.82 Å². The van der Waals surface area contributed by atoms with E-state index in [2.05, 4.69) is 10.4 Å². The molecule has 6 heteroatoms. The van der Waals surface area contributed by atoms with E-state index in [0.717, 1.165) is 17.1 Å². The molecular formula is C15H21ClN4O. The number of para-hydroxylation sites is 1. The number of halogens is 1. The van der Waals surface area contributed by atoms with Crippen LogP contribution in [-0.4, -0.2) is 15.7 Å². The Balaban J connectivity index is 0.00000220. The second-order valence-electron chi connectivity index (χ2n) is 5.00. The van der Waals surface area contributed by atoms with Crippen LogP contribution in [0.5, 0.6) is 0 Å². The number of carbonyl (C=O) groups excluding carboxylic acids is 1. The van der Waals surface area contributed by atoms with Gasteiger partial charge in [-0.15, -0.1) is 12.4 Å². The number of aromatic nitrogens is 2. The molecule has 0 spiro atoms. The first-order valence-corrected chi connectivity index (χ1v) is 6.74. The Morgan fingerprint density at radius 3 is 2.71 bits per heavy atom. The second-order valence-corrected chi connectivity index (χ2v) is 5.00. The van der Waals surface area contributed by atoms with E-state index in [-0.39, 0.29) is 24.4 Å². The molecule has 0 atom stereocenters. The van der Waals surface area contributed by atoms with E-state index < -0.39 is 0 Å². The van der Waals surface area contributed by atoms with E-state index in [1.54, 1.807) is 16.9 Å². The van der Waals surface area contributed by atoms with Crippen LogP contribution in [0.1, 0.15) is 31.9 Å². The Labute approximate surface area is 130 Å². The lowest BCUT2D eigenvalue weighted by Crippen LogP contribution is -2.17. The molecule has 0 radical (unpaired) electrons. The van der Waals surface area contributed by atoms with Crippen LogP contribution in [0.25, 0.3) is 0 Å². The van der Waals surface area contributed by atoms with Crippen LogP contribution in [0, 0.1) is 0 Å². The molecule has 3 N–H and O–H groups in total. The summed E-state index contributed by atoms with van der Waals surface area (Å²) in [7, 11) is 0. The summed E-state index contributed by atoms with van der Waals surface area (Å²) in [5.74, 6) is 0.696. The van der Waals surface area contributed by atoms with Crippen molar-refractivity contribution >= 4 is 29.8 Å². The molecule has 2 aromatic rings. The summed E-state index contributed by atoms with van der Waals surface area (Å²) in [6.45, 7) is 4.04. The molecule has 21 heavy (non-hydrogen) atoms. The number of nitrogens with one attached hydrogen (secondary N) is 1. The predicted octanol–water partition coefficient (Wildman–Crippen LogP) is 3.04. The van der Waals surface area contributed by atoms with Gasteiger partial charge in [0, 0.05) is 24.2 Å². The number of hydrogen-bond donors (Lipinski definition) is 2. The third-order valence-corrected chi connectivity index (χ3v) is 3.10. The van der Waals surface area contributed by atoms with Gasteiger partial charge in [-0.2, -0.15) is 5.10 Å². The number of carbonyl (C=O) groups is 1. The van der Waals surface area contributed by atoms with Gasteiger partial charge in [-0.25, -0.2) is 4.68 Å². The molecule has 1 heterocycles. The molecule has 5 nitrogen and oxygen atoms in total. The van der Waals surface area contributed by atoms with Gasteiger partial charge in [-0.1, -0.05) is 18.2 Å². The van der Waals surface area contributed by atoms with Crippen molar-refractivity contribution in [2.45, 2.75) is 32.7 Å². The summed E-state index contributed by atoms with van der Waals surface area (Å²) < 4.78 is 1.79. The maximum atomic E-state index is 12.0. The number of anilines is 2. The highest BCUT2D eigenvalue weighted by molar-refractivity contribution is 5.90. The van der Waals surface area contributed by atoms with Gasteiger partial charge in [-0.05, 0) is 31.9 Å². The molecule has 1 amide bonds. The minimum Gasteiger partial charge on any atom is -0.399 e. The Hall–Kier alpha value is -2.01. The zero-order valence-corrected chi connectivity index (χ0v) is 13.1. The first kappa shape index (κ1) is 17.0. The number of aryl methyl sites for hydroxylation is 1. The molecule has 0 fully saturated rings. The Kier molecular flexibility index (Phi) is 6.24. The van der Waals surface area contributed by atoms with Crippen LogP contribution in [0.3, 0.4) is 0 Å². The Bertz CT molecular complexity index is 595. The zero-order chi connectivity index (χ0) is 14.5. The number of nitrogens with zero attached hydrogens (tertiary/aromatic N) is 2. The average Bonchev–Trinajstić information content (AvgIpc) is 2.86. The normalized spacial score (nSPS) is 10.2. The van der Waals surface area contributed by atoms with Crippen LogP contribution in [0.15, 0.2) is 36.5 Å². The number of hydrogen-bond acceptors (Lipinski definition) is 3. The van der Waals surface area contributed by atoms with Crippen molar-refractivity contribution in [3.8, 4) is 0 Å². The number of nitrogens with two attached hydrogens (primary N) is 1. The maximum Gasteiger partial charge on any atom is 0.225 e. The quantitative estimate of drug-likeness (QED) is 0.834. The molecule has 0 aliphatic heterocycles. The summed E-state index contributed by atoms with van der Waals surface area (Å²) in [6, 6.07) is 9.62. The van der Waals surface area contributed by atoms with E-state index in [1.165, 1.54) is 0 Å². The SMILES string of the molecule is CC(C)n1nccc1NC(=O)CCc1ccccc1N.Cl. The molecule has 0 bridgehead atoms. The summed E-state index contributed by atoms with van der Waals surface area (Å²) >= 11 is 0. The molecule has 0 aliphatic rings. The molecule has 0 saturated carbocycles. The van der Waals surface area contributed by atoms with Crippen LogP contribution in [0.4, 0.5) is 11.5 Å². The Morgan fingerprint density at radius 2 is 2.05 bits per heavy atom. The van der Waals surface area contributed by atoms with Gasteiger partial charge in [0.25, 0.3) is 0 Å². The van der Waals surface area contributed by atoms with Crippen molar-refractivity contribution in [3.63, 3.8) is 0 Å². The number of benzene rings is 1. The van der Waals surface area contributed by atoms with E-state index >= 15 is 0 Å². The summed E-state index contributed by atoms with van der Waals surface area (Å²) in [5, 5.41) is 7.07. The molecule has 0 aliphatic carbocycles.